The molecule has 0 rings (SSSR count). The quantitative estimate of drug-likeness (QED) is 0.0216. The van der Waals surface area contributed by atoms with Gasteiger partial charge in [0.1, 0.15) is 18.1 Å². The maximum absolute atomic E-state index is 13.5. The Bertz CT molecular complexity index is 1420. The number of esters is 1. The molecule has 0 radical (unpaired) electrons. The Morgan fingerprint density at radius 1 is 0.600 bits per heavy atom. The van der Waals surface area contributed by atoms with Gasteiger partial charge in [0.05, 0.1) is 44.2 Å². The Hall–Kier alpha value is -4.36. The molecule has 0 aliphatic heterocycles. The number of carbonyl (C=O) groups is 7. The largest absolute Gasteiger partial charge is 0.467 e. The Balaban J connectivity index is 5.71. The molecule has 6 amide bonds. The van der Waals surface area contributed by atoms with Crippen LogP contribution in [0, 0.1) is 29.6 Å². The summed E-state index contributed by atoms with van der Waals surface area (Å²) in [5.74, 6) is -4.92. The second kappa shape index (κ2) is 28.2. The Morgan fingerprint density at radius 3 is 1.57 bits per heavy atom. The molecule has 8 atom stereocenters. The highest BCUT2D eigenvalue weighted by Gasteiger charge is 2.34. The van der Waals surface area contributed by atoms with Gasteiger partial charge < -0.3 is 53.0 Å². The van der Waals surface area contributed by atoms with Gasteiger partial charge in [0.15, 0.2) is 5.96 Å². The van der Waals surface area contributed by atoms with Gasteiger partial charge in [0.2, 0.25) is 35.4 Å². The Kier molecular flexibility index (Phi) is 26.2. The number of nitrogens with one attached hydrogen (secondary N) is 6. The zero-order valence-corrected chi connectivity index (χ0v) is 37.9. The monoisotopic (exact) mass is 856 g/mol. The third-order valence-corrected chi connectivity index (χ3v) is 9.48. The number of ether oxygens (including phenoxy) is 1. The summed E-state index contributed by atoms with van der Waals surface area (Å²) in [5.41, 5.74) is 10.7. The van der Waals surface area contributed by atoms with Crippen LogP contribution >= 0.6 is 0 Å². The molecule has 0 saturated heterocycles. The van der Waals surface area contributed by atoms with Gasteiger partial charge in [-0.15, -0.1) is 0 Å². The van der Waals surface area contributed by atoms with Gasteiger partial charge in [0, 0.05) is 19.0 Å². The van der Waals surface area contributed by atoms with Crippen LogP contribution in [0.3, 0.4) is 0 Å². The van der Waals surface area contributed by atoms with Crippen LogP contribution in [-0.4, -0.2) is 120 Å². The summed E-state index contributed by atoms with van der Waals surface area (Å²) in [5, 5.41) is 38.5. The van der Waals surface area contributed by atoms with Crippen LogP contribution in [0.15, 0.2) is 4.99 Å². The molecule has 0 bridgehead atoms. The SMILES string of the molecule is COC(=O)[C@H](CCCN=C(N)N)NC(=O)C[C@H](O)[C@H](CC(C)C)NC(=O)[C@H](C)NC(=O)CC(O)[C@H](CC(C)C)N[C@H](C(=O)NC(=O)[C@@H](NC(=O)CC(C)C)C(C)C)C(C)C. The van der Waals surface area contributed by atoms with Crippen molar-refractivity contribution >= 4 is 47.4 Å². The number of guanidine groups is 1. The first-order valence-electron chi connectivity index (χ1n) is 21.1. The molecule has 1 unspecified atom stereocenters. The second-order valence-corrected chi connectivity index (χ2v) is 17.5. The number of nitrogens with zero attached hydrogens (tertiary/aromatic N) is 1. The van der Waals surface area contributed by atoms with E-state index in [1.54, 1.807) is 27.7 Å². The van der Waals surface area contributed by atoms with E-state index in [0.717, 1.165) is 0 Å². The summed E-state index contributed by atoms with van der Waals surface area (Å²) in [6.45, 7) is 20.0. The molecule has 0 heterocycles. The fraction of sp³-hybridized carbons (Fsp3) is 0.805. The van der Waals surface area contributed by atoms with Crippen LogP contribution in [0.1, 0.15) is 121 Å². The topological polar surface area (TPSA) is 306 Å². The summed E-state index contributed by atoms with van der Waals surface area (Å²) in [6.07, 6.45) is -2.15. The van der Waals surface area contributed by atoms with E-state index < -0.39 is 96.8 Å². The maximum Gasteiger partial charge on any atom is 0.328 e. The van der Waals surface area contributed by atoms with Crippen molar-refractivity contribution in [1.82, 2.24) is 31.9 Å². The highest BCUT2D eigenvalue weighted by Crippen LogP contribution is 2.16. The van der Waals surface area contributed by atoms with Crippen molar-refractivity contribution in [3.05, 3.63) is 0 Å². The van der Waals surface area contributed by atoms with Crippen LogP contribution in [0.5, 0.6) is 0 Å². The van der Waals surface area contributed by atoms with Crippen LogP contribution in [0.2, 0.25) is 0 Å². The fourth-order valence-corrected chi connectivity index (χ4v) is 6.37. The second-order valence-electron chi connectivity index (χ2n) is 17.5. The van der Waals surface area contributed by atoms with Gasteiger partial charge in [-0.05, 0) is 62.2 Å². The predicted molar refractivity (Wildman–Crippen MR) is 228 cm³/mol. The molecule has 0 spiro atoms. The normalized spacial score (nSPS) is 15.6. The minimum atomic E-state index is -1.36. The van der Waals surface area contributed by atoms with Gasteiger partial charge in [-0.25, -0.2) is 4.79 Å². The molecule has 19 heteroatoms. The fourth-order valence-electron chi connectivity index (χ4n) is 6.37. The van der Waals surface area contributed by atoms with Crippen molar-refractivity contribution in [2.45, 2.75) is 170 Å². The molecule has 0 aromatic rings. The summed E-state index contributed by atoms with van der Waals surface area (Å²) < 4.78 is 4.79. The lowest BCUT2D eigenvalue weighted by molar-refractivity contribution is -0.145. The highest BCUT2D eigenvalue weighted by molar-refractivity contribution is 6.01. The van der Waals surface area contributed by atoms with Gasteiger partial charge >= 0.3 is 5.97 Å². The van der Waals surface area contributed by atoms with Crippen molar-refractivity contribution < 1.29 is 48.5 Å². The smallest absolute Gasteiger partial charge is 0.328 e. The lowest BCUT2D eigenvalue weighted by Gasteiger charge is -2.32. The number of aliphatic hydroxyl groups is 2. The number of nitrogens with two attached hydrogens (primary N) is 2. The van der Waals surface area contributed by atoms with E-state index in [-0.39, 0.29) is 67.3 Å². The molecule has 0 aromatic carbocycles. The number of aliphatic imine (C=N–C) groups is 1. The van der Waals surface area contributed by atoms with Gasteiger partial charge in [-0.2, -0.15) is 0 Å². The van der Waals surface area contributed by atoms with Gasteiger partial charge in [0.25, 0.3) is 0 Å². The van der Waals surface area contributed by atoms with Crippen molar-refractivity contribution in [1.29, 1.82) is 0 Å². The van der Waals surface area contributed by atoms with E-state index in [1.165, 1.54) is 14.0 Å². The van der Waals surface area contributed by atoms with Crippen LogP contribution in [-0.2, 0) is 38.3 Å². The minimum Gasteiger partial charge on any atom is -0.467 e. The number of aliphatic hydroxyl groups excluding tert-OH is 2. The number of imide groups is 1. The number of methoxy groups -OCH3 is 1. The lowest BCUT2D eigenvalue weighted by atomic mass is 9.93. The molecule has 0 aliphatic rings. The molecule has 0 aliphatic carbocycles. The molecule has 0 saturated carbocycles. The number of rotatable bonds is 28. The van der Waals surface area contributed by atoms with Gasteiger partial charge in [-0.1, -0.05) is 69.2 Å². The standard InChI is InChI=1S/C41H77N9O10/c1-21(2)16-28(47-35(24(7)8)38(57)50-39(58)36(25(9)10)49-32(53)18-23(5)6)30(51)19-33(54)45-26(11)37(56)48-29(17-22(3)4)31(52)20-34(55)46-27(40(59)60-12)14-13-15-44-41(42)43/h21-31,35-36,47,51-52H,13-20H2,1-12H3,(H,45,54)(H,46,55)(H,48,56)(H,49,53)(H4,42,43,44)(H,50,57,58)/t26-,27-,28-,29-,30?,31-,35-,36-/m0/s1. The zero-order valence-electron chi connectivity index (χ0n) is 37.9. The first kappa shape index (κ1) is 55.6. The van der Waals surface area contributed by atoms with E-state index in [0.29, 0.717) is 12.8 Å². The molecule has 0 aromatic heterocycles. The first-order valence-corrected chi connectivity index (χ1v) is 21.1. The van der Waals surface area contributed by atoms with Crippen LogP contribution in [0.4, 0.5) is 0 Å². The molecular formula is C41H77N9O10. The van der Waals surface area contributed by atoms with Crippen molar-refractivity contribution in [3.8, 4) is 0 Å². The molecule has 60 heavy (non-hydrogen) atoms. The summed E-state index contributed by atoms with van der Waals surface area (Å²) in [4.78, 5) is 94.7. The van der Waals surface area contributed by atoms with Crippen molar-refractivity contribution in [2.75, 3.05) is 13.7 Å². The van der Waals surface area contributed by atoms with E-state index in [1.807, 2.05) is 41.5 Å². The maximum atomic E-state index is 13.5. The Labute approximate surface area is 356 Å². The molecule has 19 nitrogen and oxygen atoms in total. The van der Waals surface area contributed by atoms with Crippen LogP contribution < -0.4 is 43.4 Å². The zero-order chi connectivity index (χ0) is 46.4. The average molecular weight is 856 g/mol. The predicted octanol–water partition coefficient (Wildman–Crippen LogP) is 0.0940. The first-order chi connectivity index (χ1) is 27.8. The van der Waals surface area contributed by atoms with E-state index in [2.05, 4.69) is 36.9 Å². The number of hydrogen-bond donors (Lipinski definition) is 10. The number of carbonyl (C=O) groups excluding carboxylic acids is 7. The minimum absolute atomic E-state index is 0.0149. The van der Waals surface area contributed by atoms with Crippen LogP contribution in [0.25, 0.3) is 0 Å². The third-order valence-electron chi connectivity index (χ3n) is 9.48. The molecule has 12 N–H and O–H groups in total. The van der Waals surface area contributed by atoms with Crippen molar-refractivity contribution in [2.24, 2.45) is 46.0 Å². The third kappa shape index (κ3) is 22.9. The molecule has 0 fully saturated rings. The van der Waals surface area contributed by atoms with Crippen molar-refractivity contribution in [3.63, 3.8) is 0 Å². The van der Waals surface area contributed by atoms with Gasteiger partial charge in [-0.3, -0.25) is 39.1 Å². The highest BCUT2D eigenvalue weighted by atomic mass is 16.5. The van der Waals surface area contributed by atoms with E-state index >= 15 is 0 Å². The lowest BCUT2D eigenvalue weighted by Crippen LogP contribution is -2.59. The summed E-state index contributed by atoms with van der Waals surface area (Å²) in [6, 6.07) is -5.69. The average Bonchev–Trinajstić information content (AvgIpc) is 3.11. The molecular weight excluding hydrogens is 779 g/mol. The number of hydrogen-bond acceptors (Lipinski definition) is 12. The molecule has 346 valence electrons. The Morgan fingerprint density at radius 2 is 1.08 bits per heavy atom. The number of amides is 6. The van der Waals surface area contributed by atoms with E-state index in [9.17, 15) is 43.8 Å². The summed E-state index contributed by atoms with van der Waals surface area (Å²) in [7, 11) is 1.18. The summed E-state index contributed by atoms with van der Waals surface area (Å²) >= 11 is 0. The van der Waals surface area contributed by atoms with E-state index in [4.69, 9.17) is 16.2 Å².